The summed E-state index contributed by atoms with van der Waals surface area (Å²) in [4.78, 5) is 0. The molecule has 1 nitrogen and oxygen atoms in total. The highest BCUT2D eigenvalue weighted by molar-refractivity contribution is 6.35. The molecule has 0 amide bonds. The molecule has 1 aliphatic carbocycles. The normalized spacial score (nSPS) is 16.8. The largest absolute Gasteiger partial charge is 0.385 e. The minimum absolute atomic E-state index is 0.0719. The van der Waals surface area contributed by atoms with Gasteiger partial charge in [-0.05, 0) is 24.5 Å². The van der Waals surface area contributed by atoms with Gasteiger partial charge in [0.2, 0.25) is 0 Å². The van der Waals surface area contributed by atoms with Crippen molar-refractivity contribution in [3.63, 3.8) is 0 Å². The zero-order valence-electron chi connectivity index (χ0n) is 10.3. The first-order valence-corrected chi connectivity index (χ1v) is 7.31. The Bertz CT molecular complexity index is 380. The van der Waals surface area contributed by atoms with Gasteiger partial charge >= 0.3 is 0 Å². The zero-order valence-corrected chi connectivity index (χ0v) is 11.8. The average molecular weight is 290 g/mol. The van der Waals surface area contributed by atoms with Crippen molar-refractivity contribution in [3.05, 3.63) is 28.0 Å². The van der Waals surface area contributed by atoms with E-state index < -0.39 is 5.82 Å². The van der Waals surface area contributed by atoms with Gasteiger partial charge in [0.25, 0.3) is 0 Å². The minimum atomic E-state index is -0.545. The molecule has 0 heterocycles. The fourth-order valence-electron chi connectivity index (χ4n) is 2.55. The Morgan fingerprint density at radius 2 is 1.72 bits per heavy atom. The van der Waals surface area contributed by atoms with E-state index in [1.165, 1.54) is 32.1 Å². The zero-order chi connectivity index (χ0) is 13.0. The van der Waals surface area contributed by atoms with E-state index in [2.05, 4.69) is 5.32 Å². The summed E-state index contributed by atoms with van der Waals surface area (Å²) in [5.74, 6) is 0.286. The van der Waals surface area contributed by atoms with Gasteiger partial charge in [-0.3, -0.25) is 0 Å². The van der Waals surface area contributed by atoms with E-state index in [4.69, 9.17) is 23.2 Å². The second kappa shape index (κ2) is 6.63. The lowest BCUT2D eigenvalue weighted by molar-refractivity contribution is 0.345. The maximum absolute atomic E-state index is 13.2. The molecule has 0 radical (unpaired) electrons. The fraction of sp³-hybridized carbons (Fsp3) is 0.571. The Morgan fingerprint density at radius 1 is 1.11 bits per heavy atom. The van der Waals surface area contributed by atoms with Crippen molar-refractivity contribution in [2.24, 2.45) is 5.92 Å². The van der Waals surface area contributed by atoms with E-state index in [1.54, 1.807) is 12.1 Å². The standard InChI is InChI=1S/C14H18Cl2FN/c15-12-8-11(9-13(16)14(12)17)18-7-6-10-4-2-1-3-5-10/h8-10,18H,1-7H2. The Kier molecular flexibility index (Phi) is 5.13. The summed E-state index contributed by atoms with van der Waals surface area (Å²) in [5.41, 5.74) is 0.794. The van der Waals surface area contributed by atoms with E-state index >= 15 is 0 Å². The summed E-state index contributed by atoms with van der Waals surface area (Å²) in [6.45, 7) is 0.892. The summed E-state index contributed by atoms with van der Waals surface area (Å²) >= 11 is 11.5. The van der Waals surface area contributed by atoms with Crippen molar-refractivity contribution >= 4 is 28.9 Å². The monoisotopic (exact) mass is 289 g/mol. The molecule has 0 saturated heterocycles. The fourth-order valence-corrected chi connectivity index (χ4v) is 3.04. The van der Waals surface area contributed by atoms with Crippen molar-refractivity contribution in [1.82, 2.24) is 0 Å². The number of nitrogens with one attached hydrogen (secondary N) is 1. The Labute approximate surface area is 118 Å². The molecule has 2 rings (SSSR count). The molecule has 0 atom stereocenters. The highest BCUT2D eigenvalue weighted by Crippen LogP contribution is 2.28. The quantitative estimate of drug-likeness (QED) is 0.720. The number of halogens is 3. The molecule has 18 heavy (non-hydrogen) atoms. The second-order valence-corrected chi connectivity index (χ2v) is 5.79. The van der Waals surface area contributed by atoms with Crippen LogP contribution in [0.25, 0.3) is 0 Å². The van der Waals surface area contributed by atoms with E-state index in [-0.39, 0.29) is 10.0 Å². The van der Waals surface area contributed by atoms with Crippen LogP contribution < -0.4 is 5.32 Å². The summed E-state index contributed by atoms with van der Waals surface area (Å²) in [7, 11) is 0. The van der Waals surface area contributed by atoms with Gasteiger partial charge in [0.05, 0.1) is 10.0 Å². The van der Waals surface area contributed by atoms with E-state index in [1.807, 2.05) is 0 Å². The van der Waals surface area contributed by atoms with Crippen molar-refractivity contribution < 1.29 is 4.39 Å². The molecule has 1 saturated carbocycles. The van der Waals surface area contributed by atoms with Gasteiger partial charge in [0.15, 0.2) is 5.82 Å². The Balaban J connectivity index is 1.82. The van der Waals surface area contributed by atoms with Crippen LogP contribution in [-0.2, 0) is 0 Å². The molecule has 100 valence electrons. The molecule has 0 spiro atoms. The van der Waals surface area contributed by atoms with Gasteiger partial charge in [-0.2, -0.15) is 0 Å². The highest BCUT2D eigenvalue weighted by Gasteiger charge is 2.13. The van der Waals surface area contributed by atoms with Crippen LogP contribution in [-0.4, -0.2) is 6.54 Å². The van der Waals surface area contributed by atoms with Gasteiger partial charge in [0.1, 0.15) is 0 Å². The number of rotatable bonds is 4. The number of benzene rings is 1. The van der Waals surface area contributed by atoms with Crippen LogP contribution in [0.3, 0.4) is 0 Å². The molecule has 0 aliphatic heterocycles. The molecule has 0 bridgehead atoms. The van der Waals surface area contributed by atoms with E-state index in [9.17, 15) is 4.39 Å². The van der Waals surface area contributed by atoms with Crippen molar-refractivity contribution in [3.8, 4) is 0 Å². The van der Waals surface area contributed by atoms with Crippen LogP contribution in [0.2, 0.25) is 10.0 Å². The lowest BCUT2D eigenvalue weighted by Crippen LogP contribution is -2.12. The van der Waals surface area contributed by atoms with Crippen LogP contribution in [0, 0.1) is 11.7 Å². The third-order valence-electron chi connectivity index (χ3n) is 3.59. The van der Waals surface area contributed by atoms with Crippen molar-refractivity contribution in [2.45, 2.75) is 38.5 Å². The minimum Gasteiger partial charge on any atom is -0.385 e. The van der Waals surface area contributed by atoms with E-state index in [0.717, 1.165) is 24.6 Å². The predicted molar refractivity (Wildman–Crippen MR) is 76.1 cm³/mol. The van der Waals surface area contributed by atoms with Crippen LogP contribution in [0.1, 0.15) is 38.5 Å². The topological polar surface area (TPSA) is 12.0 Å². The number of anilines is 1. The molecule has 4 heteroatoms. The van der Waals surface area contributed by atoms with Gasteiger partial charge in [-0.1, -0.05) is 55.3 Å². The van der Waals surface area contributed by atoms with Crippen molar-refractivity contribution in [1.29, 1.82) is 0 Å². The Morgan fingerprint density at radius 3 is 2.33 bits per heavy atom. The molecule has 1 N–H and O–H groups in total. The van der Waals surface area contributed by atoms with Crippen molar-refractivity contribution in [2.75, 3.05) is 11.9 Å². The van der Waals surface area contributed by atoms with Gasteiger partial charge < -0.3 is 5.32 Å². The second-order valence-electron chi connectivity index (χ2n) is 4.97. The predicted octanol–water partition coefficient (Wildman–Crippen LogP) is 5.51. The summed E-state index contributed by atoms with van der Waals surface area (Å²) < 4.78 is 13.2. The first-order chi connectivity index (χ1) is 8.66. The van der Waals surface area contributed by atoms with Gasteiger partial charge in [-0.25, -0.2) is 4.39 Å². The first kappa shape index (κ1) is 14.0. The summed E-state index contributed by atoms with van der Waals surface area (Å²) in [6, 6.07) is 3.17. The number of hydrogen-bond donors (Lipinski definition) is 1. The third kappa shape index (κ3) is 3.76. The lowest BCUT2D eigenvalue weighted by Gasteiger charge is -2.21. The molecule has 0 aromatic heterocycles. The SMILES string of the molecule is Fc1c(Cl)cc(NCCC2CCCCC2)cc1Cl. The molecule has 1 aliphatic rings. The maximum atomic E-state index is 13.2. The van der Waals surface area contributed by atoms with Crippen LogP contribution in [0.15, 0.2) is 12.1 Å². The molecule has 1 aromatic carbocycles. The van der Waals surface area contributed by atoms with Gasteiger partial charge in [-0.15, -0.1) is 0 Å². The highest BCUT2D eigenvalue weighted by atomic mass is 35.5. The molecular weight excluding hydrogens is 272 g/mol. The summed E-state index contributed by atoms with van der Waals surface area (Å²) in [6.07, 6.45) is 7.94. The first-order valence-electron chi connectivity index (χ1n) is 6.55. The third-order valence-corrected chi connectivity index (χ3v) is 4.14. The molecule has 1 fully saturated rings. The number of hydrogen-bond acceptors (Lipinski definition) is 1. The lowest BCUT2D eigenvalue weighted by atomic mass is 9.87. The molecular formula is C14H18Cl2FN. The van der Waals surface area contributed by atoms with Crippen LogP contribution in [0.4, 0.5) is 10.1 Å². The smallest absolute Gasteiger partial charge is 0.160 e. The van der Waals surface area contributed by atoms with Crippen LogP contribution in [0.5, 0.6) is 0 Å². The Hall–Kier alpha value is -0.470. The molecule has 0 unspecified atom stereocenters. The van der Waals surface area contributed by atoms with Crippen LogP contribution >= 0.6 is 23.2 Å². The van der Waals surface area contributed by atoms with Gasteiger partial charge in [0, 0.05) is 12.2 Å². The average Bonchev–Trinajstić information content (AvgIpc) is 2.37. The summed E-state index contributed by atoms with van der Waals surface area (Å²) in [5, 5.41) is 3.41. The van der Waals surface area contributed by atoms with E-state index in [0.29, 0.717) is 0 Å². The molecule has 1 aromatic rings. The maximum Gasteiger partial charge on any atom is 0.160 e.